The third kappa shape index (κ3) is 3.79. The lowest BCUT2D eigenvalue weighted by Gasteiger charge is -2.22. The van der Waals surface area contributed by atoms with Crippen LogP contribution in [0.25, 0.3) is 0 Å². The number of non-ortho nitro benzene ring substituents is 1. The van der Waals surface area contributed by atoms with E-state index in [0.29, 0.717) is 18.5 Å². The molecule has 1 amide bonds. The number of aromatic nitrogens is 2. The number of hydrogen-bond donors (Lipinski definition) is 1. The second kappa shape index (κ2) is 6.82. The molecule has 0 fully saturated rings. The van der Waals surface area contributed by atoms with Gasteiger partial charge < -0.3 is 5.32 Å². The topological polar surface area (TPSA) is 90.1 Å². The highest BCUT2D eigenvalue weighted by Crippen LogP contribution is 2.20. The van der Waals surface area contributed by atoms with Gasteiger partial charge >= 0.3 is 0 Å². The molecule has 128 valence electrons. The number of carbonyl (C=O) groups excluding carboxylic acids is 1. The summed E-state index contributed by atoms with van der Waals surface area (Å²) >= 11 is 0. The highest BCUT2D eigenvalue weighted by molar-refractivity contribution is 5.95. The predicted molar refractivity (Wildman–Crippen MR) is 90.9 cm³/mol. The molecule has 0 atom stereocenters. The zero-order valence-electron chi connectivity index (χ0n) is 14.4. The fraction of sp³-hybridized carbons (Fsp3) is 0.412. The number of nitrogens with zero attached hydrogens (tertiary/aromatic N) is 3. The SMILES string of the molecule is CCc1c(C(=O)NCc2ccc([N+](=O)[O-])cc2)cnn1C(C)(C)C. The molecule has 1 aromatic carbocycles. The number of nitro groups is 1. The van der Waals surface area contributed by atoms with E-state index in [-0.39, 0.29) is 17.1 Å². The van der Waals surface area contributed by atoms with Gasteiger partial charge in [0, 0.05) is 18.7 Å². The Balaban J connectivity index is 2.10. The molecular weight excluding hydrogens is 308 g/mol. The van der Waals surface area contributed by atoms with Gasteiger partial charge in [0.05, 0.1) is 27.9 Å². The first-order chi connectivity index (χ1) is 11.2. The van der Waals surface area contributed by atoms with Crippen molar-refractivity contribution in [1.29, 1.82) is 0 Å². The highest BCUT2D eigenvalue weighted by atomic mass is 16.6. The second-order valence-corrected chi connectivity index (χ2v) is 6.55. The van der Waals surface area contributed by atoms with Gasteiger partial charge in [0.1, 0.15) is 0 Å². The molecule has 2 aromatic rings. The molecule has 1 N–H and O–H groups in total. The van der Waals surface area contributed by atoms with Gasteiger partial charge in [-0.05, 0) is 32.8 Å². The first kappa shape index (κ1) is 17.7. The summed E-state index contributed by atoms with van der Waals surface area (Å²) in [4.78, 5) is 22.6. The minimum Gasteiger partial charge on any atom is -0.348 e. The molecule has 0 aliphatic heterocycles. The third-order valence-electron chi connectivity index (χ3n) is 3.68. The summed E-state index contributed by atoms with van der Waals surface area (Å²) in [5.74, 6) is -0.194. The van der Waals surface area contributed by atoms with Crippen molar-refractivity contribution in [2.24, 2.45) is 0 Å². The third-order valence-corrected chi connectivity index (χ3v) is 3.68. The van der Waals surface area contributed by atoms with E-state index in [1.54, 1.807) is 18.3 Å². The molecule has 0 radical (unpaired) electrons. The fourth-order valence-electron chi connectivity index (χ4n) is 2.49. The maximum atomic E-state index is 12.4. The van der Waals surface area contributed by atoms with E-state index < -0.39 is 4.92 Å². The molecule has 0 unspecified atom stereocenters. The van der Waals surface area contributed by atoms with Crippen LogP contribution in [0.2, 0.25) is 0 Å². The average molecular weight is 330 g/mol. The van der Waals surface area contributed by atoms with Crippen molar-refractivity contribution in [3.8, 4) is 0 Å². The van der Waals surface area contributed by atoms with E-state index in [1.165, 1.54) is 12.1 Å². The molecule has 1 aromatic heterocycles. The molecule has 2 rings (SSSR count). The van der Waals surface area contributed by atoms with E-state index in [2.05, 4.69) is 10.4 Å². The van der Waals surface area contributed by atoms with Crippen molar-refractivity contribution in [3.63, 3.8) is 0 Å². The Morgan fingerprint density at radius 2 is 1.92 bits per heavy atom. The van der Waals surface area contributed by atoms with E-state index in [4.69, 9.17) is 0 Å². The summed E-state index contributed by atoms with van der Waals surface area (Å²) in [5.41, 5.74) is 2.10. The second-order valence-electron chi connectivity index (χ2n) is 6.55. The normalized spacial score (nSPS) is 11.3. The molecule has 0 aliphatic carbocycles. The molecule has 7 nitrogen and oxygen atoms in total. The van der Waals surface area contributed by atoms with Crippen molar-refractivity contribution in [2.45, 2.75) is 46.2 Å². The van der Waals surface area contributed by atoms with Crippen LogP contribution in [0.1, 0.15) is 49.3 Å². The van der Waals surface area contributed by atoms with Gasteiger partial charge in [-0.25, -0.2) is 0 Å². The summed E-state index contributed by atoms with van der Waals surface area (Å²) in [7, 11) is 0. The molecule has 7 heteroatoms. The molecule has 1 heterocycles. The molecule has 0 saturated carbocycles. The van der Waals surface area contributed by atoms with Crippen LogP contribution in [0.15, 0.2) is 30.5 Å². The van der Waals surface area contributed by atoms with Gasteiger partial charge in [0.15, 0.2) is 0 Å². The van der Waals surface area contributed by atoms with E-state index in [1.807, 2.05) is 32.4 Å². The Kier molecular flexibility index (Phi) is 5.02. The van der Waals surface area contributed by atoms with Crippen molar-refractivity contribution in [2.75, 3.05) is 0 Å². The molecule has 0 spiro atoms. The zero-order valence-corrected chi connectivity index (χ0v) is 14.4. The highest BCUT2D eigenvalue weighted by Gasteiger charge is 2.22. The number of nitrogens with one attached hydrogen (secondary N) is 1. The Morgan fingerprint density at radius 1 is 1.29 bits per heavy atom. The smallest absolute Gasteiger partial charge is 0.269 e. The standard InChI is InChI=1S/C17H22N4O3/c1-5-15-14(11-19-20(15)17(2,3)4)16(22)18-10-12-6-8-13(9-7-12)21(23)24/h6-9,11H,5,10H2,1-4H3,(H,18,22). The van der Waals surface area contributed by atoms with Crippen LogP contribution in [0.4, 0.5) is 5.69 Å². The first-order valence-electron chi connectivity index (χ1n) is 7.83. The van der Waals surface area contributed by atoms with Gasteiger partial charge in [-0.15, -0.1) is 0 Å². The quantitative estimate of drug-likeness (QED) is 0.674. The Labute approximate surface area is 140 Å². The zero-order chi connectivity index (χ0) is 17.9. The fourth-order valence-corrected chi connectivity index (χ4v) is 2.49. The summed E-state index contributed by atoms with van der Waals surface area (Å²) in [6.07, 6.45) is 2.30. The van der Waals surface area contributed by atoms with Crippen LogP contribution in [-0.4, -0.2) is 20.6 Å². The molecule has 0 aliphatic rings. The van der Waals surface area contributed by atoms with Crippen molar-refractivity contribution in [1.82, 2.24) is 15.1 Å². The Morgan fingerprint density at radius 3 is 2.42 bits per heavy atom. The maximum absolute atomic E-state index is 12.4. The van der Waals surface area contributed by atoms with Gasteiger partial charge in [-0.1, -0.05) is 19.1 Å². The van der Waals surface area contributed by atoms with Crippen molar-refractivity contribution >= 4 is 11.6 Å². The molecule has 0 saturated heterocycles. The minimum absolute atomic E-state index is 0.0322. The van der Waals surface area contributed by atoms with Crippen LogP contribution < -0.4 is 5.32 Å². The monoisotopic (exact) mass is 330 g/mol. The maximum Gasteiger partial charge on any atom is 0.269 e. The first-order valence-corrected chi connectivity index (χ1v) is 7.83. The summed E-state index contributed by atoms with van der Waals surface area (Å²) in [5, 5.41) is 17.8. The van der Waals surface area contributed by atoms with E-state index in [0.717, 1.165) is 11.3 Å². The van der Waals surface area contributed by atoms with Crippen molar-refractivity contribution in [3.05, 3.63) is 57.4 Å². The van der Waals surface area contributed by atoms with Gasteiger partial charge in [0.25, 0.3) is 11.6 Å². The van der Waals surface area contributed by atoms with Crippen LogP contribution >= 0.6 is 0 Å². The van der Waals surface area contributed by atoms with Crippen LogP contribution in [-0.2, 0) is 18.5 Å². The van der Waals surface area contributed by atoms with Gasteiger partial charge in [-0.3, -0.25) is 19.6 Å². The number of hydrogen-bond acceptors (Lipinski definition) is 4. The van der Waals surface area contributed by atoms with Crippen molar-refractivity contribution < 1.29 is 9.72 Å². The molecular formula is C17H22N4O3. The van der Waals surface area contributed by atoms with Gasteiger partial charge in [0.2, 0.25) is 0 Å². The lowest BCUT2D eigenvalue weighted by Crippen LogP contribution is -2.27. The predicted octanol–water partition coefficient (Wildman–Crippen LogP) is 3.04. The Bertz CT molecular complexity index is 742. The van der Waals surface area contributed by atoms with Crippen LogP contribution in [0.5, 0.6) is 0 Å². The van der Waals surface area contributed by atoms with Gasteiger partial charge in [-0.2, -0.15) is 5.10 Å². The summed E-state index contributed by atoms with van der Waals surface area (Å²) in [6.45, 7) is 8.42. The summed E-state index contributed by atoms with van der Waals surface area (Å²) < 4.78 is 1.87. The molecule has 24 heavy (non-hydrogen) atoms. The van der Waals surface area contributed by atoms with Crippen LogP contribution in [0, 0.1) is 10.1 Å². The number of amides is 1. The van der Waals surface area contributed by atoms with Crippen LogP contribution in [0.3, 0.4) is 0 Å². The largest absolute Gasteiger partial charge is 0.348 e. The Hall–Kier alpha value is -2.70. The molecule has 0 bridgehead atoms. The number of nitro benzene ring substituents is 1. The van der Waals surface area contributed by atoms with E-state index in [9.17, 15) is 14.9 Å². The summed E-state index contributed by atoms with van der Waals surface area (Å²) in [6, 6.07) is 6.13. The average Bonchev–Trinajstić information content (AvgIpc) is 2.97. The number of carbonyl (C=O) groups is 1. The lowest BCUT2D eigenvalue weighted by molar-refractivity contribution is -0.384. The van der Waals surface area contributed by atoms with E-state index >= 15 is 0 Å². The minimum atomic E-state index is -0.448. The number of rotatable bonds is 5. The lowest BCUT2D eigenvalue weighted by atomic mass is 10.1. The number of benzene rings is 1.